The second-order valence-corrected chi connectivity index (χ2v) is 5.75. The molecule has 0 aliphatic heterocycles. The molecule has 0 N–H and O–H groups in total. The third-order valence-electron chi connectivity index (χ3n) is 0. The molecule has 0 spiro atoms. The molecule has 0 radical (unpaired) electrons. The first-order chi connectivity index (χ1) is 4.00. The van der Waals surface area contributed by atoms with E-state index in [0.717, 1.165) is 0 Å². The van der Waals surface area contributed by atoms with Crippen molar-refractivity contribution in [2.75, 3.05) is 0 Å². The van der Waals surface area contributed by atoms with Gasteiger partial charge in [0, 0.05) is 0 Å². The Bertz CT molecular complexity index is 50.2. The summed E-state index contributed by atoms with van der Waals surface area (Å²) in [5.41, 5.74) is 0. The molecule has 0 saturated carbocycles. The summed E-state index contributed by atoms with van der Waals surface area (Å²) in [6.07, 6.45) is 0. The number of halogens is 8. The minimum atomic E-state index is -7.18. The molecule has 0 fully saturated rings. The second kappa shape index (κ2) is 4.82. The van der Waals surface area contributed by atoms with E-state index in [-0.39, 0.29) is 0 Å². The Kier molecular flexibility index (Phi) is 6.57. The van der Waals surface area contributed by atoms with Crippen molar-refractivity contribution in [3.8, 4) is 0 Å². The zero-order valence-electron chi connectivity index (χ0n) is 4.02. The van der Waals surface area contributed by atoms with E-state index in [1.807, 2.05) is 0 Å². The third-order valence-corrected chi connectivity index (χ3v) is 0. The first-order valence-corrected chi connectivity index (χ1v) is 10.1. The Labute approximate surface area is 64.2 Å². The van der Waals surface area contributed by atoms with Gasteiger partial charge in [0.2, 0.25) is 0 Å². The average Bonchev–Trinajstić information content (AvgIpc) is 1.12. The molecule has 64 valence electrons. The topological polar surface area (TPSA) is 0 Å². The molecule has 0 aromatic carbocycles. The summed E-state index contributed by atoms with van der Waals surface area (Å²) in [4.78, 5) is 0. The summed E-state index contributed by atoms with van der Waals surface area (Å²) in [5.74, 6) is 0. The fraction of sp³-hybridized carbons (Fsp3) is 0. The maximum atomic E-state index is 9.90. The van der Waals surface area contributed by atoms with E-state index < -0.39 is 41.3 Å². The van der Waals surface area contributed by atoms with Crippen LogP contribution in [0.2, 0.25) is 0 Å². The van der Waals surface area contributed by atoms with Gasteiger partial charge in [-0.2, -0.15) is 0 Å². The van der Waals surface area contributed by atoms with E-state index in [4.69, 9.17) is 0 Å². The van der Waals surface area contributed by atoms with Gasteiger partial charge < -0.3 is 0 Å². The van der Waals surface area contributed by atoms with Crippen LogP contribution in [0.5, 0.6) is 0 Å². The zero-order chi connectivity index (χ0) is 9.00. The predicted molar refractivity (Wildman–Crippen MR) is 20.4 cm³/mol. The molecule has 0 heterocycles. The Morgan fingerprint density at radius 1 is 0.400 bits per heavy atom. The van der Waals surface area contributed by atoms with Crippen LogP contribution in [0.3, 0.4) is 0 Å². The van der Waals surface area contributed by atoms with Crippen LogP contribution in [0.25, 0.3) is 0 Å². The van der Waals surface area contributed by atoms with E-state index >= 15 is 0 Å². The molecular weight excluding hydrogens is 389 g/mol. The maximum absolute atomic E-state index is 9.90. The van der Waals surface area contributed by atoms with E-state index in [0.29, 0.717) is 0 Å². The standard InChI is InChI=1S/8FH.2Sn/h8*1H;;/q;;;;;;;;2*+4/p-8. The first kappa shape index (κ1) is 13.6. The SMILES string of the molecule is [F][Sn]([F])([F])[F].[F][Sn]([F])([F])[F]. The summed E-state index contributed by atoms with van der Waals surface area (Å²) >= 11 is -14.4. The van der Waals surface area contributed by atoms with Crippen molar-refractivity contribution in [2.24, 2.45) is 0 Å². The van der Waals surface area contributed by atoms with Crippen molar-refractivity contribution >= 4 is 41.3 Å². The summed E-state index contributed by atoms with van der Waals surface area (Å²) in [6.45, 7) is 0. The van der Waals surface area contributed by atoms with E-state index in [2.05, 4.69) is 0 Å². The molecular formula is F8Sn2. The van der Waals surface area contributed by atoms with E-state index in [9.17, 15) is 22.9 Å². The predicted octanol–water partition coefficient (Wildman–Crippen LogP) is 2.60. The molecule has 10 heteroatoms. The number of rotatable bonds is 0. The molecule has 0 saturated heterocycles. The van der Waals surface area contributed by atoms with Crippen LogP contribution in [0.1, 0.15) is 0 Å². The molecule has 0 aliphatic carbocycles. The molecule has 0 atom stereocenters. The number of hydrogen-bond donors (Lipinski definition) is 0. The van der Waals surface area contributed by atoms with Crippen LogP contribution >= 0.6 is 0 Å². The molecule has 0 aliphatic rings. The van der Waals surface area contributed by atoms with Crippen molar-refractivity contribution in [3.05, 3.63) is 0 Å². The molecule has 0 unspecified atom stereocenters. The molecule has 0 bridgehead atoms. The number of hydrogen-bond acceptors (Lipinski definition) is 0. The summed E-state index contributed by atoms with van der Waals surface area (Å²) < 4.78 is 79.2. The van der Waals surface area contributed by atoms with Gasteiger partial charge in [-0.1, -0.05) is 0 Å². The Balaban J connectivity index is 0. The van der Waals surface area contributed by atoms with Gasteiger partial charge in [0.15, 0.2) is 0 Å². The molecule has 0 rings (SSSR count). The molecule has 0 aromatic heterocycles. The first-order valence-electron chi connectivity index (χ1n) is 1.51. The van der Waals surface area contributed by atoms with Crippen molar-refractivity contribution in [2.45, 2.75) is 0 Å². The second-order valence-electron chi connectivity index (χ2n) is 0.857. The van der Waals surface area contributed by atoms with Gasteiger partial charge in [0.1, 0.15) is 0 Å². The van der Waals surface area contributed by atoms with Crippen LogP contribution < -0.4 is 0 Å². The zero-order valence-corrected chi connectivity index (χ0v) is 9.73. The van der Waals surface area contributed by atoms with Crippen LogP contribution in [0.15, 0.2) is 0 Å². The Morgan fingerprint density at radius 2 is 0.400 bits per heavy atom. The van der Waals surface area contributed by atoms with Crippen LogP contribution in [0, 0.1) is 0 Å². The normalized spacial score (nSPS) is 12.0. The Hall–Kier alpha value is 1.04. The van der Waals surface area contributed by atoms with Gasteiger partial charge in [-0.15, -0.1) is 0 Å². The van der Waals surface area contributed by atoms with Crippen molar-refractivity contribution < 1.29 is 22.9 Å². The average molecular weight is 389 g/mol. The summed E-state index contributed by atoms with van der Waals surface area (Å²) in [6, 6.07) is 0. The van der Waals surface area contributed by atoms with Gasteiger partial charge in [0.25, 0.3) is 0 Å². The van der Waals surface area contributed by atoms with Gasteiger partial charge in [-0.3, -0.25) is 0 Å². The summed E-state index contributed by atoms with van der Waals surface area (Å²) in [5, 5.41) is 0. The van der Waals surface area contributed by atoms with Crippen LogP contribution in [-0.4, -0.2) is 41.3 Å². The minimum absolute atomic E-state index is 7.18. The van der Waals surface area contributed by atoms with Gasteiger partial charge in [-0.25, -0.2) is 0 Å². The van der Waals surface area contributed by atoms with Crippen LogP contribution in [0.4, 0.5) is 22.9 Å². The van der Waals surface area contributed by atoms with Crippen molar-refractivity contribution in [1.82, 2.24) is 0 Å². The van der Waals surface area contributed by atoms with E-state index in [1.165, 1.54) is 0 Å². The molecule has 0 nitrogen and oxygen atoms in total. The fourth-order valence-corrected chi connectivity index (χ4v) is 0. The fourth-order valence-electron chi connectivity index (χ4n) is 0. The van der Waals surface area contributed by atoms with Crippen molar-refractivity contribution in [3.63, 3.8) is 0 Å². The van der Waals surface area contributed by atoms with Gasteiger partial charge >= 0.3 is 64.3 Å². The Morgan fingerprint density at radius 3 is 0.400 bits per heavy atom. The molecule has 10 heavy (non-hydrogen) atoms. The van der Waals surface area contributed by atoms with Crippen molar-refractivity contribution in [1.29, 1.82) is 0 Å². The summed E-state index contributed by atoms with van der Waals surface area (Å²) in [7, 11) is 0. The molecule has 0 aromatic rings. The van der Waals surface area contributed by atoms with Gasteiger partial charge in [0.05, 0.1) is 0 Å². The molecule has 0 amide bonds. The van der Waals surface area contributed by atoms with Crippen LogP contribution in [-0.2, 0) is 0 Å². The monoisotopic (exact) mass is 392 g/mol. The van der Waals surface area contributed by atoms with E-state index in [1.54, 1.807) is 0 Å². The third kappa shape index (κ3) is 542. The van der Waals surface area contributed by atoms with Gasteiger partial charge in [-0.05, 0) is 0 Å². The quantitative estimate of drug-likeness (QED) is 0.441.